The molecule has 0 fully saturated rings. The van der Waals surface area contributed by atoms with Gasteiger partial charge in [-0.1, -0.05) is 54.6 Å². The van der Waals surface area contributed by atoms with Gasteiger partial charge in [-0.05, 0) is 111 Å². The molecule has 2 atom stereocenters. The molecule has 0 spiro atoms. The highest BCUT2D eigenvalue weighted by Gasteiger charge is 2.55. The lowest BCUT2D eigenvalue weighted by molar-refractivity contribution is -0.173. The van der Waals surface area contributed by atoms with E-state index in [1.807, 2.05) is 6.07 Å². The van der Waals surface area contributed by atoms with Crippen molar-refractivity contribution in [3.8, 4) is 74.3 Å². The molecule has 0 N–H and O–H groups in total. The Morgan fingerprint density at radius 3 is 0.722 bits per heavy atom. The number of hydrogen-bond acceptors (Lipinski definition) is 5. The van der Waals surface area contributed by atoms with Crippen LogP contribution in [0.2, 0.25) is 0 Å². The number of nitrogens with zero attached hydrogens (tertiary/aromatic N) is 1. The van der Waals surface area contributed by atoms with Crippen molar-refractivity contribution in [3.05, 3.63) is 247 Å². The maximum atomic E-state index is 15.2. The first-order valence-corrected chi connectivity index (χ1v) is 25.3. The summed E-state index contributed by atoms with van der Waals surface area (Å²) in [5.41, 5.74) is -19.4. The van der Waals surface area contributed by atoms with Gasteiger partial charge in [-0.3, -0.25) is 0 Å². The first-order valence-electron chi connectivity index (χ1n) is 25.3. The van der Waals surface area contributed by atoms with Gasteiger partial charge >= 0.3 is 12.4 Å². The molecule has 0 heterocycles. The first kappa shape index (κ1) is 64.6. The third kappa shape index (κ3) is 10.7. The van der Waals surface area contributed by atoms with Crippen LogP contribution in [0.3, 0.4) is 0 Å². The fourth-order valence-corrected chi connectivity index (χ4v) is 9.46. The number of alkyl halides is 6. The second-order valence-corrected chi connectivity index (χ2v) is 19.9. The highest BCUT2D eigenvalue weighted by molar-refractivity contribution is 5.70. The summed E-state index contributed by atoms with van der Waals surface area (Å²) in [6, 6.07) is 19.7. The average molecular weight is 1280 g/mol. The van der Waals surface area contributed by atoms with Crippen LogP contribution in [0.1, 0.15) is 52.8 Å². The van der Waals surface area contributed by atoms with Gasteiger partial charge in [-0.25, -0.2) is 52.7 Å². The summed E-state index contributed by atoms with van der Waals surface area (Å²) in [6.45, 7) is 2.58. The molecule has 27 heteroatoms. The Bertz CT molecular complexity index is 4010. The van der Waals surface area contributed by atoms with Crippen LogP contribution in [0.4, 0.5) is 96.6 Å². The van der Waals surface area contributed by atoms with E-state index in [2.05, 4.69) is 0 Å². The molecule has 0 bridgehead atoms. The quantitative estimate of drug-likeness (QED) is 0.0802. The van der Waals surface area contributed by atoms with Crippen molar-refractivity contribution in [1.29, 1.82) is 5.26 Å². The SMILES string of the molecule is Cc1c(F)c(F)c(-c2c(F)c(F)c(Oc3ccc(C(C)(c4ccc(Oc5cccc(Oc6ccc(C(C)(c7ccc(Oc8c(F)c(F)c(-c9c(F)c(F)c(C)c(F)c9F)c(F)c8F)cc7)C(F)(F)F)cc6)c5C#N)cc4)C(F)(F)F)cc3)c(F)c2F)c(F)c1F. The predicted molar refractivity (Wildman–Crippen MR) is 275 cm³/mol. The third-order valence-electron chi connectivity index (χ3n) is 14.8. The number of benzene rings is 9. The molecule has 0 aromatic heterocycles. The van der Waals surface area contributed by atoms with Gasteiger partial charge in [-0.2, -0.15) is 49.2 Å². The number of hydrogen-bond donors (Lipinski definition) is 0. The molecule has 2 unspecified atom stereocenters. The van der Waals surface area contributed by atoms with Crippen molar-refractivity contribution in [2.24, 2.45) is 0 Å². The second-order valence-electron chi connectivity index (χ2n) is 19.9. The molecule has 0 saturated carbocycles. The zero-order valence-corrected chi connectivity index (χ0v) is 45.4. The van der Waals surface area contributed by atoms with E-state index >= 15 is 61.5 Å². The van der Waals surface area contributed by atoms with Gasteiger partial charge in [0.05, 0.1) is 22.3 Å². The Morgan fingerprint density at radius 2 is 0.511 bits per heavy atom. The van der Waals surface area contributed by atoms with Gasteiger partial charge in [0.15, 0.2) is 69.8 Å². The topological polar surface area (TPSA) is 60.7 Å². The summed E-state index contributed by atoms with van der Waals surface area (Å²) >= 11 is 0. The minimum Gasteiger partial charge on any atom is -0.456 e. The van der Waals surface area contributed by atoms with Gasteiger partial charge in [0.1, 0.15) is 57.0 Å². The molecule has 5 nitrogen and oxygen atoms in total. The van der Waals surface area contributed by atoms with Gasteiger partial charge < -0.3 is 18.9 Å². The Labute approximate surface area is 492 Å². The molecule has 9 rings (SSSR count). The molecule has 9 aromatic carbocycles. The number of nitriles is 1. The largest absolute Gasteiger partial charge is 0.456 e. The van der Waals surface area contributed by atoms with E-state index in [1.165, 1.54) is 18.2 Å². The van der Waals surface area contributed by atoms with Crippen LogP contribution >= 0.6 is 0 Å². The molecule has 0 saturated heterocycles. The minimum absolute atomic E-state index is 0.170. The van der Waals surface area contributed by atoms with Crippen LogP contribution in [-0.4, -0.2) is 12.4 Å². The summed E-state index contributed by atoms with van der Waals surface area (Å²) in [6.07, 6.45) is -10.3. The van der Waals surface area contributed by atoms with Crippen molar-refractivity contribution in [1.82, 2.24) is 0 Å². The Morgan fingerprint density at radius 1 is 0.300 bits per heavy atom. The minimum atomic E-state index is -5.13. The molecule has 0 aliphatic heterocycles. The van der Waals surface area contributed by atoms with Crippen LogP contribution in [0, 0.1) is 118 Å². The highest BCUT2D eigenvalue weighted by Crippen LogP contribution is 2.51. The zero-order valence-electron chi connectivity index (χ0n) is 45.4. The van der Waals surface area contributed by atoms with Gasteiger partial charge in [-0.15, -0.1) is 0 Å². The summed E-state index contributed by atoms with van der Waals surface area (Å²) in [7, 11) is 0. The van der Waals surface area contributed by atoms with Gasteiger partial charge in [0, 0.05) is 11.1 Å². The average Bonchev–Trinajstić information content (AvgIpc) is 0.783. The summed E-state index contributed by atoms with van der Waals surface area (Å²) in [4.78, 5) is 0. The van der Waals surface area contributed by atoms with E-state index in [9.17, 15) is 40.4 Å². The summed E-state index contributed by atoms with van der Waals surface area (Å²) in [5, 5.41) is 10.2. The van der Waals surface area contributed by atoms with Crippen molar-refractivity contribution in [2.45, 2.75) is 50.9 Å². The Kier molecular flexibility index (Phi) is 16.9. The van der Waals surface area contributed by atoms with E-state index in [1.54, 1.807) is 0 Å². The smallest absolute Gasteiger partial charge is 0.402 e. The third-order valence-corrected chi connectivity index (χ3v) is 14.8. The fourth-order valence-electron chi connectivity index (χ4n) is 9.46. The van der Waals surface area contributed by atoms with Crippen LogP contribution < -0.4 is 18.9 Å². The Hall–Kier alpha value is -9.87. The molecule has 466 valence electrons. The van der Waals surface area contributed by atoms with E-state index in [4.69, 9.17) is 18.9 Å². The lowest BCUT2D eigenvalue weighted by Gasteiger charge is -2.33. The van der Waals surface area contributed by atoms with E-state index < -0.39 is 195 Å². The van der Waals surface area contributed by atoms with Crippen molar-refractivity contribution in [2.75, 3.05) is 0 Å². The maximum Gasteiger partial charge on any atom is 0.402 e. The molecular formula is C63H31F22NO4. The predicted octanol–water partition coefficient (Wildman–Crippen LogP) is 20.6. The van der Waals surface area contributed by atoms with E-state index in [0.717, 1.165) is 86.6 Å². The van der Waals surface area contributed by atoms with E-state index in [0.29, 0.717) is 38.1 Å². The molecule has 0 aliphatic rings. The molecule has 0 aliphatic carbocycles. The monoisotopic (exact) mass is 1280 g/mol. The standard InChI is InChI=1S/C63H31F22NO4/c1-25-42(64)46(68)38(47(69)43(25)65)40-50(72)54(76)58(55(77)51(40)73)89-33-20-12-29(13-21-33)60(3,62(80,81)82)27-8-16-31(17-9-27)87-36-6-5-7-37(35(36)24-86)88-32-18-10-28(11-19-32)61(4,63(83,84)85)30-14-22-34(23-15-30)90-59-56(78)52(74)41(53(75)57(59)79)39-48(70)44(66)26(2)45(67)49(39)71/h5-23H,1-4H3. The molecule has 0 radical (unpaired) electrons. The van der Waals surface area contributed by atoms with Crippen molar-refractivity contribution in [3.63, 3.8) is 0 Å². The lowest BCUT2D eigenvalue weighted by atomic mass is 9.75. The van der Waals surface area contributed by atoms with Crippen LogP contribution in [0.5, 0.6) is 46.0 Å². The molecule has 90 heavy (non-hydrogen) atoms. The van der Waals surface area contributed by atoms with Crippen molar-refractivity contribution < 1.29 is 116 Å². The second kappa shape index (κ2) is 23.6. The van der Waals surface area contributed by atoms with Crippen LogP contribution in [-0.2, 0) is 10.8 Å². The first-order chi connectivity index (χ1) is 42.1. The normalized spacial score (nSPS) is 13.2. The van der Waals surface area contributed by atoms with Crippen molar-refractivity contribution >= 4 is 0 Å². The Balaban J connectivity index is 0.910. The number of rotatable bonds is 14. The molecular weight excluding hydrogens is 1250 g/mol. The maximum absolute atomic E-state index is 15.2. The summed E-state index contributed by atoms with van der Waals surface area (Å²) in [5.74, 6) is -44.3. The highest BCUT2D eigenvalue weighted by atomic mass is 19.4. The fraction of sp³-hybridized carbons (Fsp3) is 0.127. The van der Waals surface area contributed by atoms with E-state index in [-0.39, 0.29) is 28.6 Å². The van der Waals surface area contributed by atoms with Crippen LogP contribution in [0.25, 0.3) is 22.3 Å². The lowest BCUT2D eigenvalue weighted by Crippen LogP contribution is -2.40. The number of halogens is 22. The van der Waals surface area contributed by atoms with Gasteiger partial charge in [0.2, 0.25) is 34.8 Å². The summed E-state index contributed by atoms with van der Waals surface area (Å²) < 4.78 is 349. The molecule has 0 amide bonds. The molecule has 9 aromatic rings. The zero-order chi connectivity index (χ0) is 66.2. The van der Waals surface area contributed by atoms with Crippen LogP contribution in [0.15, 0.2) is 115 Å². The number of ether oxygens (including phenoxy) is 4. The van der Waals surface area contributed by atoms with Gasteiger partial charge in [0.25, 0.3) is 0 Å².